The van der Waals surface area contributed by atoms with E-state index in [2.05, 4.69) is 11.4 Å². The SMILES string of the molecule is Cc1ccc(-c2oc(C(=O)NCc3ccco3)c3ccc(C)cc23)cc1. The van der Waals surface area contributed by atoms with Crippen molar-refractivity contribution in [1.29, 1.82) is 0 Å². The Bertz CT molecular complexity index is 1060. The number of carbonyl (C=O) groups excluding carboxylic acids is 1. The molecule has 1 N–H and O–H groups in total. The molecular weight excluding hydrogens is 326 g/mol. The van der Waals surface area contributed by atoms with Gasteiger partial charge in [0.15, 0.2) is 5.76 Å². The molecule has 4 nitrogen and oxygen atoms in total. The summed E-state index contributed by atoms with van der Waals surface area (Å²) in [4.78, 5) is 12.7. The van der Waals surface area contributed by atoms with Crippen LogP contribution in [0.5, 0.6) is 0 Å². The largest absolute Gasteiger partial charge is 0.467 e. The van der Waals surface area contributed by atoms with Crippen LogP contribution in [0.15, 0.2) is 69.7 Å². The van der Waals surface area contributed by atoms with Crippen molar-refractivity contribution in [3.8, 4) is 11.3 Å². The van der Waals surface area contributed by atoms with Crippen molar-refractivity contribution in [3.63, 3.8) is 0 Å². The highest BCUT2D eigenvalue weighted by Gasteiger charge is 2.20. The Morgan fingerprint density at radius 3 is 2.46 bits per heavy atom. The quantitative estimate of drug-likeness (QED) is 0.550. The minimum absolute atomic E-state index is 0.256. The Morgan fingerprint density at radius 1 is 0.962 bits per heavy atom. The number of hydrogen-bond acceptors (Lipinski definition) is 3. The van der Waals surface area contributed by atoms with Gasteiger partial charge in [-0.15, -0.1) is 0 Å². The van der Waals surface area contributed by atoms with Crippen LogP contribution in [0, 0.1) is 13.8 Å². The molecule has 4 rings (SSSR count). The van der Waals surface area contributed by atoms with Gasteiger partial charge in [0.1, 0.15) is 11.5 Å². The van der Waals surface area contributed by atoms with Gasteiger partial charge in [0.05, 0.1) is 12.8 Å². The third-order valence-electron chi connectivity index (χ3n) is 4.39. The van der Waals surface area contributed by atoms with E-state index in [0.29, 0.717) is 23.8 Å². The summed E-state index contributed by atoms with van der Waals surface area (Å²) in [6.45, 7) is 4.39. The monoisotopic (exact) mass is 345 g/mol. The van der Waals surface area contributed by atoms with Gasteiger partial charge >= 0.3 is 0 Å². The average Bonchev–Trinajstić information content (AvgIpc) is 3.28. The highest BCUT2D eigenvalue weighted by molar-refractivity contribution is 6.09. The van der Waals surface area contributed by atoms with E-state index in [9.17, 15) is 4.79 Å². The van der Waals surface area contributed by atoms with Crippen molar-refractivity contribution < 1.29 is 13.6 Å². The fraction of sp³-hybridized carbons (Fsp3) is 0.136. The maximum Gasteiger partial charge on any atom is 0.288 e. The minimum Gasteiger partial charge on any atom is -0.467 e. The van der Waals surface area contributed by atoms with Gasteiger partial charge in [-0.25, -0.2) is 0 Å². The third kappa shape index (κ3) is 3.02. The normalized spacial score (nSPS) is 11.0. The zero-order valence-electron chi connectivity index (χ0n) is 14.7. The van der Waals surface area contributed by atoms with Crippen molar-refractivity contribution in [1.82, 2.24) is 5.32 Å². The second kappa shape index (κ2) is 6.56. The van der Waals surface area contributed by atoms with Gasteiger partial charge in [0, 0.05) is 16.3 Å². The fourth-order valence-electron chi connectivity index (χ4n) is 3.00. The molecule has 0 spiro atoms. The Labute approximate surface area is 151 Å². The molecule has 2 heterocycles. The van der Waals surface area contributed by atoms with E-state index in [1.807, 2.05) is 56.3 Å². The number of furan rings is 2. The summed E-state index contributed by atoms with van der Waals surface area (Å²) in [6, 6.07) is 17.7. The maximum atomic E-state index is 12.7. The first-order chi connectivity index (χ1) is 12.6. The van der Waals surface area contributed by atoms with Crippen molar-refractivity contribution in [2.24, 2.45) is 0 Å². The van der Waals surface area contributed by atoms with Crippen molar-refractivity contribution in [3.05, 3.63) is 83.5 Å². The molecule has 0 aliphatic carbocycles. The molecule has 1 amide bonds. The van der Waals surface area contributed by atoms with Gasteiger partial charge in [-0.3, -0.25) is 4.79 Å². The molecule has 0 fully saturated rings. The first kappa shape index (κ1) is 16.2. The number of fused-ring (bicyclic) bond motifs is 1. The van der Waals surface area contributed by atoms with Gasteiger partial charge in [-0.2, -0.15) is 0 Å². The first-order valence-electron chi connectivity index (χ1n) is 8.52. The molecule has 0 bridgehead atoms. The average molecular weight is 345 g/mol. The van der Waals surface area contributed by atoms with Crippen LogP contribution in [0.1, 0.15) is 27.4 Å². The molecule has 0 radical (unpaired) electrons. The Hall–Kier alpha value is -3.27. The summed E-state index contributed by atoms with van der Waals surface area (Å²) in [7, 11) is 0. The molecule has 0 saturated heterocycles. The lowest BCUT2D eigenvalue weighted by atomic mass is 10.0. The summed E-state index contributed by atoms with van der Waals surface area (Å²) >= 11 is 0. The van der Waals surface area contributed by atoms with Crippen LogP contribution in [0.3, 0.4) is 0 Å². The molecule has 26 heavy (non-hydrogen) atoms. The Balaban J connectivity index is 1.75. The second-order valence-corrected chi connectivity index (χ2v) is 6.44. The van der Waals surface area contributed by atoms with Crippen LogP contribution in [0.2, 0.25) is 0 Å². The summed E-state index contributed by atoms with van der Waals surface area (Å²) < 4.78 is 11.3. The number of carbonyl (C=O) groups is 1. The number of amides is 1. The maximum absolute atomic E-state index is 12.7. The predicted octanol–water partition coefficient (Wildman–Crippen LogP) is 5.24. The van der Waals surface area contributed by atoms with E-state index in [-0.39, 0.29) is 5.91 Å². The highest BCUT2D eigenvalue weighted by atomic mass is 16.4. The van der Waals surface area contributed by atoms with Crippen LogP contribution >= 0.6 is 0 Å². The van der Waals surface area contributed by atoms with Gasteiger partial charge in [0.25, 0.3) is 5.91 Å². The second-order valence-electron chi connectivity index (χ2n) is 6.44. The van der Waals surface area contributed by atoms with Crippen LogP contribution in [0.4, 0.5) is 0 Å². The molecule has 130 valence electrons. The fourth-order valence-corrected chi connectivity index (χ4v) is 3.00. The summed E-state index contributed by atoms with van der Waals surface area (Å²) in [5, 5.41) is 4.61. The van der Waals surface area contributed by atoms with E-state index in [4.69, 9.17) is 8.83 Å². The zero-order chi connectivity index (χ0) is 18.1. The summed E-state index contributed by atoms with van der Waals surface area (Å²) in [6.07, 6.45) is 1.59. The third-order valence-corrected chi connectivity index (χ3v) is 4.39. The van der Waals surface area contributed by atoms with Crippen molar-refractivity contribution in [2.75, 3.05) is 0 Å². The highest BCUT2D eigenvalue weighted by Crippen LogP contribution is 2.34. The number of aryl methyl sites for hydroxylation is 2. The van der Waals surface area contributed by atoms with E-state index in [0.717, 1.165) is 21.9 Å². The van der Waals surface area contributed by atoms with Crippen molar-refractivity contribution >= 4 is 16.7 Å². The van der Waals surface area contributed by atoms with Crippen LogP contribution in [-0.2, 0) is 6.54 Å². The van der Waals surface area contributed by atoms with E-state index in [1.54, 1.807) is 12.3 Å². The molecule has 4 heteroatoms. The molecule has 0 saturated carbocycles. The topological polar surface area (TPSA) is 55.4 Å². The van der Waals surface area contributed by atoms with Gasteiger partial charge in [-0.1, -0.05) is 47.5 Å². The molecule has 0 atom stereocenters. The lowest BCUT2D eigenvalue weighted by Crippen LogP contribution is -2.22. The van der Waals surface area contributed by atoms with Crippen LogP contribution in [-0.4, -0.2) is 5.91 Å². The van der Waals surface area contributed by atoms with Gasteiger partial charge in [0.2, 0.25) is 0 Å². The van der Waals surface area contributed by atoms with E-state index < -0.39 is 0 Å². The number of hydrogen-bond donors (Lipinski definition) is 1. The first-order valence-corrected chi connectivity index (χ1v) is 8.52. The standard InChI is InChI=1S/C22H19NO3/c1-14-5-8-16(9-6-14)20-19-12-15(2)7-10-18(19)21(26-20)22(24)23-13-17-4-3-11-25-17/h3-12H,13H2,1-2H3,(H,23,24). The molecule has 2 aromatic carbocycles. The summed E-state index contributed by atoms with van der Waals surface area (Å²) in [5.41, 5.74) is 3.25. The molecular formula is C22H19NO3. The zero-order valence-corrected chi connectivity index (χ0v) is 14.7. The molecule has 2 aromatic heterocycles. The van der Waals surface area contributed by atoms with Crippen molar-refractivity contribution in [2.45, 2.75) is 20.4 Å². The number of benzene rings is 2. The number of rotatable bonds is 4. The molecule has 4 aromatic rings. The van der Waals surface area contributed by atoms with Crippen LogP contribution in [0.25, 0.3) is 22.1 Å². The van der Waals surface area contributed by atoms with Gasteiger partial charge < -0.3 is 14.2 Å². The Morgan fingerprint density at radius 2 is 1.73 bits per heavy atom. The number of nitrogens with one attached hydrogen (secondary N) is 1. The predicted molar refractivity (Wildman–Crippen MR) is 101 cm³/mol. The lowest BCUT2D eigenvalue weighted by molar-refractivity contribution is 0.0923. The Kier molecular flexibility index (Phi) is 4.09. The minimum atomic E-state index is -0.256. The van der Waals surface area contributed by atoms with Gasteiger partial charge in [-0.05, 0) is 32.0 Å². The van der Waals surface area contributed by atoms with E-state index >= 15 is 0 Å². The molecule has 0 aliphatic rings. The summed E-state index contributed by atoms with van der Waals surface area (Å²) in [5.74, 6) is 1.48. The van der Waals surface area contributed by atoms with Crippen LogP contribution < -0.4 is 5.32 Å². The smallest absolute Gasteiger partial charge is 0.288 e. The molecule has 0 unspecified atom stereocenters. The van der Waals surface area contributed by atoms with E-state index in [1.165, 1.54) is 5.56 Å². The lowest BCUT2D eigenvalue weighted by Gasteiger charge is -2.01. The molecule has 0 aliphatic heterocycles.